The van der Waals surface area contributed by atoms with Crippen molar-refractivity contribution < 1.29 is 0 Å². The van der Waals surface area contributed by atoms with Crippen LogP contribution in [0.2, 0.25) is 0 Å². The van der Waals surface area contributed by atoms with Crippen molar-refractivity contribution >= 4 is 0 Å². The van der Waals surface area contributed by atoms with Gasteiger partial charge in [-0.3, -0.25) is 0 Å². The molecule has 2 rings (SSSR count). The van der Waals surface area contributed by atoms with E-state index < -0.39 is 0 Å². The maximum absolute atomic E-state index is 3.70. The number of hydrogen-bond donors (Lipinski definition) is 2. The van der Waals surface area contributed by atoms with Gasteiger partial charge in [0.05, 0.1) is 0 Å². The summed E-state index contributed by atoms with van der Waals surface area (Å²) in [5.74, 6) is 0. The highest BCUT2D eigenvalue weighted by molar-refractivity contribution is 5.07. The Morgan fingerprint density at radius 3 is 3.11 bits per heavy atom. The molecule has 0 radical (unpaired) electrons. The maximum atomic E-state index is 3.70. The number of nitrogens with one attached hydrogen (secondary N) is 2. The maximum Gasteiger partial charge on any atom is 0.00817 e. The summed E-state index contributed by atoms with van der Waals surface area (Å²) in [5, 5.41) is 7.39. The molecule has 1 saturated heterocycles. The Kier molecular flexibility index (Phi) is 6.22. The Hall–Kier alpha value is -0.340. The van der Waals surface area contributed by atoms with Crippen LogP contribution in [-0.2, 0) is 0 Å². The highest BCUT2D eigenvalue weighted by Crippen LogP contribution is 2.20. The van der Waals surface area contributed by atoms with Crippen LogP contribution in [0, 0.1) is 0 Å². The summed E-state index contributed by atoms with van der Waals surface area (Å²) in [4.78, 5) is 0. The Balaban J connectivity index is 1.57. The molecule has 104 valence electrons. The summed E-state index contributed by atoms with van der Waals surface area (Å²) < 4.78 is 0. The molecule has 0 aromatic rings. The molecule has 0 spiro atoms. The number of hydrogen-bond acceptors (Lipinski definition) is 2. The molecule has 2 unspecified atom stereocenters. The number of rotatable bonds is 6. The Labute approximate surface area is 113 Å². The van der Waals surface area contributed by atoms with Crippen LogP contribution in [0.4, 0.5) is 0 Å². The molecule has 0 saturated carbocycles. The van der Waals surface area contributed by atoms with E-state index in [9.17, 15) is 0 Å². The second-order valence-corrected chi connectivity index (χ2v) is 6.10. The van der Waals surface area contributed by atoms with Crippen molar-refractivity contribution in [3.63, 3.8) is 0 Å². The van der Waals surface area contributed by atoms with E-state index in [4.69, 9.17) is 0 Å². The molecule has 2 heteroatoms. The Bertz CT molecular complexity index is 252. The lowest BCUT2D eigenvalue weighted by molar-refractivity contribution is 0.404. The predicted molar refractivity (Wildman–Crippen MR) is 78.9 cm³/mol. The van der Waals surface area contributed by atoms with E-state index in [-0.39, 0.29) is 0 Å². The quantitative estimate of drug-likeness (QED) is 0.706. The van der Waals surface area contributed by atoms with E-state index >= 15 is 0 Å². The molecule has 0 aromatic carbocycles. The summed E-state index contributed by atoms with van der Waals surface area (Å²) in [6.07, 6.45) is 14.6. The Morgan fingerprint density at radius 1 is 1.33 bits per heavy atom. The van der Waals surface area contributed by atoms with Crippen molar-refractivity contribution in [1.29, 1.82) is 0 Å². The van der Waals surface area contributed by atoms with Gasteiger partial charge in [0.2, 0.25) is 0 Å². The van der Waals surface area contributed by atoms with Gasteiger partial charge in [-0.25, -0.2) is 0 Å². The molecule has 18 heavy (non-hydrogen) atoms. The minimum atomic E-state index is 0.655. The predicted octanol–water partition coefficient (Wildman–Crippen LogP) is 3.39. The Morgan fingerprint density at radius 2 is 2.28 bits per heavy atom. The molecule has 2 N–H and O–H groups in total. The largest absolute Gasteiger partial charge is 0.314 e. The molecule has 1 aliphatic carbocycles. The van der Waals surface area contributed by atoms with Crippen molar-refractivity contribution in [3.8, 4) is 0 Å². The van der Waals surface area contributed by atoms with Crippen LogP contribution in [-0.4, -0.2) is 25.2 Å². The van der Waals surface area contributed by atoms with Crippen molar-refractivity contribution in [2.45, 2.75) is 76.8 Å². The molecule has 1 fully saturated rings. The first kappa shape index (κ1) is 14.1. The van der Waals surface area contributed by atoms with Gasteiger partial charge in [0.1, 0.15) is 0 Å². The first-order valence-electron chi connectivity index (χ1n) is 7.99. The van der Waals surface area contributed by atoms with E-state index in [0.29, 0.717) is 6.04 Å². The lowest BCUT2D eigenvalue weighted by atomic mass is 10.0. The molecular formula is C16H30N2. The van der Waals surface area contributed by atoms with Crippen molar-refractivity contribution in [1.82, 2.24) is 10.6 Å². The minimum Gasteiger partial charge on any atom is -0.314 e. The minimum absolute atomic E-state index is 0.655. The molecule has 0 amide bonds. The third kappa shape index (κ3) is 5.11. The van der Waals surface area contributed by atoms with Crippen LogP contribution in [0.5, 0.6) is 0 Å². The van der Waals surface area contributed by atoms with Crippen LogP contribution in [0.1, 0.15) is 64.7 Å². The van der Waals surface area contributed by atoms with Crippen molar-refractivity contribution in [2.24, 2.45) is 0 Å². The molecule has 0 bridgehead atoms. The van der Waals surface area contributed by atoms with Gasteiger partial charge in [0.15, 0.2) is 0 Å². The van der Waals surface area contributed by atoms with E-state index in [1.807, 2.05) is 0 Å². The highest BCUT2D eigenvalue weighted by atomic mass is 14.9. The zero-order valence-electron chi connectivity index (χ0n) is 12.0. The van der Waals surface area contributed by atoms with Crippen LogP contribution >= 0.6 is 0 Å². The fourth-order valence-corrected chi connectivity index (χ4v) is 3.26. The lowest BCUT2D eigenvalue weighted by Gasteiger charge is -2.21. The standard InChI is InChI=1S/C16H30N2/c1-14(13-16-9-3-2-6-11-18-16)17-12-10-15-7-4-5-8-15/h7,14,16-18H,2-6,8-13H2,1H3. The molecule has 2 nitrogen and oxygen atoms in total. The highest BCUT2D eigenvalue weighted by Gasteiger charge is 2.14. The third-order valence-electron chi connectivity index (χ3n) is 4.37. The molecular weight excluding hydrogens is 220 g/mol. The van der Waals surface area contributed by atoms with Gasteiger partial charge in [-0.1, -0.05) is 24.5 Å². The fourth-order valence-electron chi connectivity index (χ4n) is 3.26. The zero-order valence-corrected chi connectivity index (χ0v) is 12.0. The second kappa shape index (κ2) is 7.96. The van der Waals surface area contributed by atoms with Crippen molar-refractivity contribution in [2.75, 3.05) is 13.1 Å². The lowest BCUT2D eigenvalue weighted by Crippen LogP contribution is -2.37. The summed E-state index contributed by atoms with van der Waals surface area (Å²) in [6, 6.07) is 1.41. The van der Waals surface area contributed by atoms with Crippen LogP contribution < -0.4 is 10.6 Å². The van der Waals surface area contributed by atoms with E-state index in [2.05, 4.69) is 23.6 Å². The smallest absolute Gasteiger partial charge is 0.00817 e. The van der Waals surface area contributed by atoms with Gasteiger partial charge < -0.3 is 10.6 Å². The molecule has 2 aliphatic rings. The van der Waals surface area contributed by atoms with Gasteiger partial charge in [-0.15, -0.1) is 0 Å². The summed E-state index contributed by atoms with van der Waals surface area (Å²) in [7, 11) is 0. The van der Waals surface area contributed by atoms with Gasteiger partial charge in [0.25, 0.3) is 0 Å². The zero-order chi connectivity index (χ0) is 12.6. The first-order chi connectivity index (χ1) is 8.84. The van der Waals surface area contributed by atoms with Crippen LogP contribution in [0.3, 0.4) is 0 Å². The summed E-state index contributed by atoms with van der Waals surface area (Å²) >= 11 is 0. The first-order valence-corrected chi connectivity index (χ1v) is 7.99. The number of allylic oxidation sites excluding steroid dienone is 1. The van der Waals surface area contributed by atoms with Gasteiger partial charge in [-0.2, -0.15) is 0 Å². The monoisotopic (exact) mass is 250 g/mol. The van der Waals surface area contributed by atoms with Crippen LogP contribution in [0.15, 0.2) is 11.6 Å². The van der Waals surface area contributed by atoms with E-state index in [0.717, 1.165) is 6.04 Å². The van der Waals surface area contributed by atoms with Gasteiger partial charge >= 0.3 is 0 Å². The van der Waals surface area contributed by atoms with Gasteiger partial charge in [0, 0.05) is 12.1 Å². The molecule has 1 heterocycles. The van der Waals surface area contributed by atoms with Crippen molar-refractivity contribution in [3.05, 3.63) is 11.6 Å². The molecule has 1 aliphatic heterocycles. The molecule has 2 atom stereocenters. The van der Waals surface area contributed by atoms with E-state index in [1.165, 1.54) is 70.9 Å². The average molecular weight is 250 g/mol. The summed E-state index contributed by atoms with van der Waals surface area (Å²) in [5.41, 5.74) is 1.68. The fraction of sp³-hybridized carbons (Fsp3) is 0.875. The third-order valence-corrected chi connectivity index (χ3v) is 4.37. The molecule has 0 aromatic heterocycles. The van der Waals surface area contributed by atoms with E-state index in [1.54, 1.807) is 5.57 Å². The average Bonchev–Trinajstić information content (AvgIpc) is 2.74. The SMILES string of the molecule is CC(CC1CCCCCN1)NCCC1=CCCC1. The second-order valence-electron chi connectivity index (χ2n) is 6.10. The van der Waals surface area contributed by atoms with Crippen LogP contribution in [0.25, 0.3) is 0 Å². The normalized spacial score (nSPS) is 26.7. The van der Waals surface area contributed by atoms with Gasteiger partial charge in [-0.05, 0) is 65.0 Å². The topological polar surface area (TPSA) is 24.1 Å². The summed E-state index contributed by atoms with van der Waals surface area (Å²) in [6.45, 7) is 4.74.